The number of aromatic nitrogens is 2. The molecule has 5 nitrogen and oxygen atoms in total. The highest BCUT2D eigenvalue weighted by molar-refractivity contribution is 5.74. The van der Waals surface area contributed by atoms with Gasteiger partial charge >= 0.3 is 5.97 Å². The summed E-state index contributed by atoms with van der Waals surface area (Å²) >= 11 is 0. The lowest BCUT2D eigenvalue weighted by Gasteiger charge is -2.06. The molecule has 0 aliphatic carbocycles. The fourth-order valence-electron chi connectivity index (χ4n) is 1.57. The lowest BCUT2D eigenvalue weighted by molar-refractivity contribution is -0.148. The Morgan fingerprint density at radius 3 is 2.71 bits per heavy atom. The van der Waals surface area contributed by atoms with Crippen LogP contribution in [0.15, 0.2) is 42.7 Å². The zero-order valence-electron chi connectivity index (χ0n) is 9.28. The molecule has 0 saturated heterocycles. The SMILES string of the molecule is COC(C(=O)O)c1cnn(-c2ccccc2)c1. The van der Waals surface area contributed by atoms with Gasteiger partial charge < -0.3 is 9.84 Å². The van der Waals surface area contributed by atoms with Crippen LogP contribution in [-0.4, -0.2) is 28.0 Å². The van der Waals surface area contributed by atoms with Gasteiger partial charge in [0.05, 0.1) is 11.9 Å². The number of aliphatic carboxylic acids is 1. The Kier molecular flexibility index (Phi) is 3.20. The Balaban J connectivity index is 2.30. The van der Waals surface area contributed by atoms with Crippen LogP contribution in [0.25, 0.3) is 5.69 Å². The minimum atomic E-state index is -1.03. The van der Waals surface area contributed by atoms with Crippen LogP contribution in [0.1, 0.15) is 11.7 Å². The number of carboxylic acids is 1. The van der Waals surface area contributed by atoms with Crippen LogP contribution in [-0.2, 0) is 9.53 Å². The molecule has 5 heteroatoms. The third-order valence-electron chi connectivity index (χ3n) is 2.39. The molecule has 2 aromatic rings. The van der Waals surface area contributed by atoms with Crippen molar-refractivity contribution in [3.05, 3.63) is 48.3 Å². The summed E-state index contributed by atoms with van der Waals surface area (Å²) in [5.74, 6) is -1.03. The summed E-state index contributed by atoms with van der Waals surface area (Å²) in [6, 6.07) is 9.46. The van der Waals surface area contributed by atoms with E-state index < -0.39 is 12.1 Å². The van der Waals surface area contributed by atoms with Gasteiger partial charge in [0.1, 0.15) is 0 Å². The van der Waals surface area contributed by atoms with E-state index >= 15 is 0 Å². The largest absolute Gasteiger partial charge is 0.479 e. The number of rotatable bonds is 4. The predicted octanol–water partition coefficient (Wildman–Crippen LogP) is 1.64. The van der Waals surface area contributed by atoms with Gasteiger partial charge in [-0.05, 0) is 12.1 Å². The molecule has 0 saturated carbocycles. The van der Waals surface area contributed by atoms with Crippen molar-refractivity contribution < 1.29 is 14.6 Å². The van der Waals surface area contributed by atoms with E-state index in [9.17, 15) is 4.79 Å². The molecule has 88 valence electrons. The molecule has 0 aliphatic heterocycles. The molecule has 1 N–H and O–H groups in total. The fraction of sp³-hybridized carbons (Fsp3) is 0.167. The molecular weight excluding hydrogens is 220 g/mol. The molecule has 1 aromatic heterocycles. The molecular formula is C12H12N2O3. The third-order valence-corrected chi connectivity index (χ3v) is 2.39. The van der Waals surface area contributed by atoms with Crippen LogP contribution in [0, 0.1) is 0 Å². The number of para-hydroxylation sites is 1. The van der Waals surface area contributed by atoms with Gasteiger partial charge in [-0.2, -0.15) is 5.10 Å². The highest BCUT2D eigenvalue weighted by Crippen LogP contribution is 2.17. The molecule has 0 aliphatic rings. The molecule has 1 aromatic carbocycles. The molecule has 1 atom stereocenters. The normalized spacial score (nSPS) is 12.3. The van der Waals surface area contributed by atoms with Gasteiger partial charge in [-0.15, -0.1) is 0 Å². The summed E-state index contributed by atoms with van der Waals surface area (Å²) in [7, 11) is 1.36. The predicted molar refractivity (Wildman–Crippen MR) is 60.9 cm³/mol. The van der Waals surface area contributed by atoms with E-state index in [0.29, 0.717) is 5.56 Å². The van der Waals surface area contributed by atoms with Crippen LogP contribution in [0.4, 0.5) is 0 Å². The zero-order chi connectivity index (χ0) is 12.3. The smallest absolute Gasteiger partial charge is 0.337 e. The Bertz CT molecular complexity index is 507. The van der Waals surface area contributed by atoms with Crippen molar-refractivity contribution in [3.63, 3.8) is 0 Å². The maximum atomic E-state index is 10.9. The van der Waals surface area contributed by atoms with Crippen molar-refractivity contribution >= 4 is 5.97 Å². The maximum Gasteiger partial charge on any atom is 0.337 e. The third kappa shape index (κ3) is 2.34. The average molecular weight is 232 g/mol. The van der Waals surface area contributed by atoms with Gasteiger partial charge in [0.2, 0.25) is 0 Å². The lowest BCUT2D eigenvalue weighted by atomic mass is 10.2. The van der Waals surface area contributed by atoms with E-state index in [2.05, 4.69) is 5.10 Å². The van der Waals surface area contributed by atoms with Gasteiger partial charge in [0.25, 0.3) is 0 Å². The van der Waals surface area contributed by atoms with Gasteiger partial charge in [0, 0.05) is 18.9 Å². The van der Waals surface area contributed by atoms with E-state index in [4.69, 9.17) is 9.84 Å². The summed E-state index contributed by atoms with van der Waals surface area (Å²) in [6.45, 7) is 0. The number of hydrogen-bond donors (Lipinski definition) is 1. The quantitative estimate of drug-likeness (QED) is 0.870. The Labute approximate surface area is 98.3 Å². The van der Waals surface area contributed by atoms with E-state index in [1.165, 1.54) is 13.3 Å². The molecule has 2 rings (SSSR count). The zero-order valence-corrected chi connectivity index (χ0v) is 9.28. The van der Waals surface area contributed by atoms with Gasteiger partial charge in [-0.25, -0.2) is 9.48 Å². The summed E-state index contributed by atoms with van der Waals surface area (Å²) in [5, 5.41) is 13.1. The van der Waals surface area contributed by atoms with E-state index in [1.54, 1.807) is 10.9 Å². The van der Waals surface area contributed by atoms with E-state index in [1.807, 2.05) is 30.3 Å². The molecule has 0 amide bonds. The summed E-state index contributed by atoms with van der Waals surface area (Å²) in [6.07, 6.45) is 2.17. The van der Waals surface area contributed by atoms with Gasteiger partial charge in [0.15, 0.2) is 6.10 Å². The van der Waals surface area contributed by atoms with E-state index in [0.717, 1.165) is 5.69 Å². The van der Waals surface area contributed by atoms with Gasteiger partial charge in [-0.3, -0.25) is 0 Å². The second-order valence-electron chi connectivity index (χ2n) is 3.51. The average Bonchev–Trinajstić information content (AvgIpc) is 2.80. The monoisotopic (exact) mass is 232 g/mol. The van der Waals surface area contributed by atoms with Crippen molar-refractivity contribution in [2.24, 2.45) is 0 Å². The van der Waals surface area contributed by atoms with Crippen LogP contribution in [0.3, 0.4) is 0 Å². The molecule has 17 heavy (non-hydrogen) atoms. The van der Waals surface area contributed by atoms with Crippen LogP contribution in [0.2, 0.25) is 0 Å². The Morgan fingerprint density at radius 1 is 1.41 bits per heavy atom. The second-order valence-corrected chi connectivity index (χ2v) is 3.51. The number of nitrogens with zero attached hydrogens (tertiary/aromatic N) is 2. The standard InChI is InChI=1S/C12H12N2O3/c1-17-11(12(15)16)9-7-13-14(8-9)10-5-3-2-4-6-10/h2-8,11H,1H3,(H,15,16). The number of benzene rings is 1. The first-order chi connectivity index (χ1) is 8.22. The molecule has 1 unspecified atom stereocenters. The van der Waals surface area contributed by atoms with Crippen molar-refractivity contribution in [3.8, 4) is 5.69 Å². The number of ether oxygens (including phenoxy) is 1. The molecule has 1 heterocycles. The van der Waals surface area contributed by atoms with Crippen molar-refractivity contribution in [2.75, 3.05) is 7.11 Å². The highest BCUT2D eigenvalue weighted by atomic mass is 16.5. The topological polar surface area (TPSA) is 64.3 Å². The minimum absolute atomic E-state index is 0.517. The summed E-state index contributed by atoms with van der Waals surface area (Å²) in [4.78, 5) is 10.9. The maximum absolute atomic E-state index is 10.9. The van der Waals surface area contributed by atoms with Gasteiger partial charge in [-0.1, -0.05) is 18.2 Å². The van der Waals surface area contributed by atoms with Crippen molar-refractivity contribution in [2.45, 2.75) is 6.10 Å². The van der Waals surface area contributed by atoms with Crippen molar-refractivity contribution in [1.29, 1.82) is 0 Å². The molecule has 0 bridgehead atoms. The number of methoxy groups -OCH3 is 1. The van der Waals surface area contributed by atoms with Crippen molar-refractivity contribution in [1.82, 2.24) is 9.78 Å². The summed E-state index contributed by atoms with van der Waals surface area (Å²) in [5.41, 5.74) is 1.39. The molecule has 0 radical (unpaired) electrons. The molecule has 0 spiro atoms. The van der Waals surface area contributed by atoms with Crippen LogP contribution < -0.4 is 0 Å². The number of carboxylic acid groups (broad SMARTS) is 1. The summed E-state index contributed by atoms with van der Waals surface area (Å²) < 4.78 is 6.51. The first-order valence-corrected chi connectivity index (χ1v) is 5.08. The highest BCUT2D eigenvalue weighted by Gasteiger charge is 2.20. The lowest BCUT2D eigenvalue weighted by Crippen LogP contribution is -2.12. The minimum Gasteiger partial charge on any atom is -0.479 e. The van der Waals surface area contributed by atoms with Crippen LogP contribution >= 0.6 is 0 Å². The second kappa shape index (κ2) is 4.80. The first-order valence-electron chi connectivity index (χ1n) is 5.08. The molecule has 0 fully saturated rings. The number of carbonyl (C=O) groups is 1. The number of hydrogen-bond acceptors (Lipinski definition) is 3. The fourth-order valence-corrected chi connectivity index (χ4v) is 1.57. The first kappa shape index (κ1) is 11.3. The Morgan fingerprint density at radius 2 is 2.12 bits per heavy atom. The Hall–Kier alpha value is -2.14. The van der Waals surface area contributed by atoms with E-state index in [-0.39, 0.29) is 0 Å². The van der Waals surface area contributed by atoms with Crippen LogP contribution in [0.5, 0.6) is 0 Å².